The molecule has 88 valence electrons. The molecule has 0 fully saturated rings. The maximum Gasteiger partial charge on any atom is 0.123 e. The molecular weight excluding hydrogens is 217 g/mol. The number of benzene rings is 2. The summed E-state index contributed by atoms with van der Waals surface area (Å²) in [5, 5.41) is 0. The summed E-state index contributed by atoms with van der Waals surface area (Å²) < 4.78 is 18.2. The van der Waals surface area contributed by atoms with Gasteiger partial charge in [0.1, 0.15) is 18.2 Å². The molecule has 0 amide bonds. The molecule has 0 aliphatic carbocycles. The Morgan fingerprint density at radius 3 is 2.06 bits per heavy atom. The second-order valence-corrected chi connectivity index (χ2v) is 3.76. The molecule has 0 saturated carbocycles. The fourth-order valence-corrected chi connectivity index (χ4v) is 1.47. The van der Waals surface area contributed by atoms with Gasteiger partial charge in [-0.2, -0.15) is 0 Å². The number of hydrogen-bond acceptors (Lipinski definition) is 2. The van der Waals surface area contributed by atoms with Crippen LogP contribution in [0.1, 0.15) is 11.1 Å². The van der Waals surface area contributed by atoms with Crippen molar-refractivity contribution in [2.24, 2.45) is 5.73 Å². The maximum absolute atomic E-state index is 12.7. The predicted molar refractivity (Wildman–Crippen MR) is 65.1 cm³/mol. The predicted octanol–water partition coefficient (Wildman–Crippen LogP) is 2.86. The number of halogens is 1. The summed E-state index contributed by atoms with van der Waals surface area (Å²) in [6.45, 7) is 1.01. The van der Waals surface area contributed by atoms with Crippen molar-refractivity contribution >= 4 is 0 Å². The minimum Gasteiger partial charge on any atom is -0.489 e. The zero-order valence-electron chi connectivity index (χ0n) is 9.40. The molecule has 0 heterocycles. The van der Waals surface area contributed by atoms with Gasteiger partial charge in [0, 0.05) is 6.54 Å². The fraction of sp³-hybridized carbons (Fsp3) is 0.143. The van der Waals surface area contributed by atoms with E-state index in [2.05, 4.69) is 0 Å². The van der Waals surface area contributed by atoms with Gasteiger partial charge in [0.05, 0.1) is 0 Å². The number of rotatable bonds is 4. The lowest BCUT2D eigenvalue weighted by atomic mass is 10.1. The lowest BCUT2D eigenvalue weighted by Gasteiger charge is -2.06. The van der Waals surface area contributed by atoms with E-state index in [1.165, 1.54) is 12.1 Å². The van der Waals surface area contributed by atoms with Crippen LogP contribution in [-0.4, -0.2) is 0 Å². The SMILES string of the molecule is NCc1ccc(COc2ccc(F)cc2)cc1. The molecule has 2 rings (SSSR count). The Labute approximate surface area is 99.8 Å². The van der Waals surface area contributed by atoms with E-state index in [4.69, 9.17) is 10.5 Å². The fourth-order valence-electron chi connectivity index (χ4n) is 1.47. The van der Waals surface area contributed by atoms with Crippen LogP contribution in [0.4, 0.5) is 4.39 Å². The number of ether oxygens (including phenoxy) is 1. The maximum atomic E-state index is 12.7. The lowest BCUT2D eigenvalue weighted by molar-refractivity contribution is 0.305. The quantitative estimate of drug-likeness (QED) is 0.878. The Hall–Kier alpha value is -1.87. The monoisotopic (exact) mass is 231 g/mol. The van der Waals surface area contributed by atoms with Crippen molar-refractivity contribution in [2.75, 3.05) is 0 Å². The molecule has 2 N–H and O–H groups in total. The van der Waals surface area contributed by atoms with Gasteiger partial charge in [-0.15, -0.1) is 0 Å². The molecule has 0 aliphatic heterocycles. The van der Waals surface area contributed by atoms with Gasteiger partial charge in [-0.1, -0.05) is 24.3 Å². The lowest BCUT2D eigenvalue weighted by Crippen LogP contribution is -1.98. The van der Waals surface area contributed by atoms with Crippen molar-refractivity contribution in [1.82, 2.24) is 0 Å². The van der Waals surface area contributed by atoms with Gasteiger partial charge in [0.25, 0.3) is 0 Å². The second kappa shape index (κ2) is 5.46. The average molecular weight is 231 g/mol. The molecule has 0 spiro atoms. The van der Waals surface area contributed by atoms with Crippen LogP contribution in [0, 0.1) is 5.82 Å². The van der Waals surface area contributed by atoms with Crippen LogP contribution in [0.3, 0.4) is 0 Å². The van der Waals surface area contributed by atoms with E-state index in [1.807, 2.05) is 24.3 Å². The zero-order chi connectivity index (χ0) is 12.1. The largest absolute Gasteiger partial charge is 0.489 e. The summed E-state index contributed by atoms with van der Waals surface area (Å²) in [4.78, 5) is 0. The second-order valence-electron chi connectivity index (χ2n) is 3.76. The standard InChI is InChI=1S/C14H14FNO/c15-13-5-7-14(8-6-13)17-10-12-3-1-11(9-16)2-4-12/h1-8H,9-10,16H2. The van der Waals surface area contributed by atoms with E-state index in [0.29, 0.717) is 18.9 Å². The van der Waals surface area contributed by atoms with Crippen molar-refractivity contribution in [1.29, 1.82) is 0 Å². The highest BCUT2D eigenvalue weighted by atomic mass is 19.1. The molecule has 0 aromatic heterocycles. The Kier molecular flexibility index (Phi) is 3.73. The molecule has 0 atom stereocenters. The first-order valence-corrected chi connectivity index (χ1v) is 5.44. The van der Waals surface area contributed by atoms with E-state index < -0.39 is 0 Å². The molecule has 0 bridgehead atoms. The van der Waals surface area contributed by atoms with Crippen molar-refractivity contribution in [3.8, 4) is 5.75 Å². The smallest absolute Gasteiger partial charge is 0.123 e. The first-order valence-electron chi connectivity index (χ1n) is 5.44. The van der Waals surface area contributed by atoms with Gasteiger partial charge in [-0.3, -0.25) is 0 Å². The molecule has 0 aliphatic rings. The van der Waals surface area contributed by atoms with E-state index in [-0.39, 0.29) is 5.82 Å². The summed E-state index contributed by atoms with van der Waals surface area (Å²) in [7, 11) is 0. The molecule has 17 heavy (non-hydrogen) atoms. The highest BCUT2D eigenvalue weighted by molar-refractivity contribution is 5.25. The third-order valence-electron chi connectivity index (χ3n) is 2.48. The molecular formula is C14H14FNO. The number of nitrogens with two attached hydrogens (primary N) is 1. The third kappa shape index (κ3) is 3.29. The van der Waals surface area contributed by atoms with Crippen molar-refractivity contribution in [3.63, 3.8) is 0 Å². The van der Waals surface area contributed by atoms with Crippen molar-refractivity contribution in [3.05, 3.63) is 65.5 Å². The molecule has 2 aromatic rings. The van der Waals surface area contributed by atoms with Crippen LogP contribution in [0.25, 0.3) is 0 Å². The van der Waals surface area contributed by atoms with Gasteiger partial charge in [-0.25, -0.2) is 4.39 Å². The average Bonchev–Trinajstić information content (AvgIpc) is 2.39. The van der Waals surface area contributed by atoms with Gasteiger partial charge in [0.15, 0.2) is 0 Å². The topological polar surface area (TPSA) is 35.2 Å². The summed E-state index contributed by atoms with van der Waals surface area (Å²) >= 11 is 0. The Balaban J connectivity index is 1.95. The van der Waals surface area contributed by atoms with Gasteiger partial charge >= 0.3 is 0 Å². The van der Waals surface area contributed by atoms with Gasteiger partial charge < -0.3 is 10.5 Å². The highest BCUT2D eigenvalue weighted by Crippen LogP contribution is 2.13. The molecule has 0 unspecified atom stereocenters. The number of hydrogen-bond donors (Lipinski definition) is 1. The molecule has 0 saturated heterocycles. The van der Waals surface area contributed by atoms with E-state index in [1.54, 1.807) is 12.1 Å². The minimum atomic E-state index is -0.260. The van der Waals surface area contributed by atoms with Crippen LogP contribution < -0.4 is 10.5 Å². The summed E-state index contributed by atoms with van der Waals surface area (Å²) in [6.07, 6.45) is 0. The van der Waals surface area contributed by atoms with Crippen LogP contribution in [0.15, 0.2) is 48.5 Å². The highest BCUT2D eigenvalue weighted by Gasteiger charge is 1.97. The Bertz CT molecular complexity index is 465. The first-order chi connectivity index (χ1) is 8.28. The van der Waals surface area contributed by atoms with Crippen molar-refractivity contribution < 1.29 is 9.13 Å². The summed E-state index contributed by atoms with van der Waals surface area (Å²) in [5.41, 5.74) is 7.67. The van der Waals surface area contributed by atoms with Crippen LogP contribution in [0.2, 0.25) is 0 Å². The van der Waals surface area contributed by atoms with Crippen molar-refractivity contribution in [2.45, 2.75) is 13.2 Å². The van der Waals surface area contributed by atoms with Gasteiger partial charge in [0.2, 0.25) is 0 Å². The van der Waals surface area contributed by atoms with E-state index in [9.17, 15) is 4.39 Å². The van der Waals surface area contributed by atoms with Crippen LogP contribution >= 0.6 is 0 Å². The molecule has 0 radical (unpaired) electrons. The third-order valence-corrected chi connectivity index (χ3v) is 2.48. The van der Waals surface area contributed by atoms with Crippen LogP contribution in [0.5, 0.6) is 5.75 Å². The molecule has 2 aromatic carbocycles. The summed E-state index contributed by atoms with van der Waals surface area (Å²) in [6, 6.07) is 13.9. The molecule has 2 nitrogen and oxygen atoms in total. The normalized spacial score (nSPS) is 10.2. The zero-order valence-corrected chi connectivity index (χ0v) is 9.40. The molecule has 3 heteroatoms. The summed E-state index contributed by atoms with van der Waals surface area (Å²) in [5.74, 6) is 0.402. The van der Waals surface area contributed by atoms with E-state index in [0.717, 1.165) is 11.1 Å². The Morgan fingerprint density at radius 1 is 0.882 bits per heavy atom. The van der Waals surface area contributed by atoms with E-state index >= 15 is 0 Å². The van der Waals surface area contributed by atoms with Gasteiger partial charge in [-0.05, 0) is 35.4 Å². The minimum absolute atomic E-state index is 0.260. The van der Waals surface area contributed by atoms with Crippen LogP contribution in [-0.2, 0) is 13.2 Å². The first kappa shape index (κ1) is 11.6. The Morgan fingerprint density at radius 2 is 1.47 bits per heavy atom.